The standard InChI is InChI=1S/C27H22N2O6/c1-2-34-26(32)20-10-12-21(13-11-20)29-25(31)23(24(30)28-27(29)33)16-18-8-14-22(15-9-18)35-17-19-6-4-3-5-7-19/h3-16H,2,17H2,1H3,(H,28,30,33)/b23-16+. The van der Waals surface area contributed by atoms with E-state index in [0.717, 1.165) is 10.5 Å². The van der Waals surface area contributed by atoms with Gasteiger partial charge in [-0.3, -0.25) is 14.9 Å². The first-order valence-electron chi connectivity index (χ1n) is 10.9. The van der Waals surface area contributed by atoms with Crippen molar-refractivity contribution in [2.75, 3.05) is 11.5 Å². The van der Waals surface area contributed by atoms with E-state index in [1.54, 1.807) is 31.2 Å². The molecule has 4 amide bonds. The Bertz CT molecular complexity index is 1280. The molecule has 0 bridgehead atoms. The highest BCUT2D eigenvalue weighted by molar-refractivity contribution is 6.39. The lowest BCUT2D eigenvalue weighted by Crippen LogP contribution is -2.54. The van der Waals surface area contributed by atoms with Crippen LogP contribution in [-0.4, -0.2) is 30.4 Å². The maximum atomic E-state index is 13.1. The first kappa shape index (κ1) is 23.4. The van der Waals surface area contributed by atoms with Gasteiger partial charge in [0.15, 0.2) is 0 Å². The molecule has 4 rings (SSSR count). The van der Waals surface area contributed by atoms with E-state index < -0.39 is 23.8 Å². The molecule has 8 nitrogen and oxygen atoms in total. The fourth-order valence-corrected chi connectivity index (χ4v) is 3.42. The number of imide groups is 2. The number of esters is 1. The predicted molar refractivity (Wildman–Crippen MR) is 129 cm³/mol. The summed E-state index contributed by atoms with van der Waals surface area (Å²) in [6.45, 7) is 2.33. The second-order valence-electron chi connectivity index (χ2n) is 7.57. The molecule has 1 N–H and O–H groups in total. The molecule has 0 aliphatic carbocycles. The normalized spacial score (nSPS) is 14.6. The third-order valence-corrected chi connectivity index (χ3v) is 5.18. The van der Waals surface area contributed by atoms with E-state index in [2.05, 4.69) is 5.32 Å². The van der Waals surface area contributed by atoms with Crippen LogP contribution >= 0.6 is 0 Å². The molecule has 8 heteroatoms. The zero-order valence-corrected chi connectivity index (χ0v) is 18.9. The largest absolute Gasteiger partial charge is 0.489 e. The average molecular weight is 470 g/mol. The summed E-state index contributed by atoms with van der Waals surface area (Å²) in [5, 5.41) is 2.18. The van der Waals surface area contributed by atoms with Crippen LogP contribution in [0.5, 0.6) is 5.75 Å². The third-order valence-electron chi connectivity index (χ3n) is 5.18. The Hall–Kier alpha value is -4.72. The molecule has 0 saturated carbocycles. The van der Waals surface area contributed by atoms with Crippen molar-refractivity contribution < 1.29 is 28.7 Å². The molecule has 3 aromatic carbocycles. The van der Waals surface area contributed by atoms with Crippen molar-refractivity contribution >= 4 is 35.6 Å². The summed E-state index contributed by atoms with van der Waals surface area (Å²) in [5.74, 6) is -1.44. The Kier molecular flexibility index (Phi) is 7.02. The van der Waals surface area contributed by atoms with E-state index in [4.69, 9.17) is 9.47 Å². The Morgan fingerprint density at radius 1 is 0.914 bits per heavy atom. The van der Waals surface area contributed by atoms with Gasteiger partial charge < -0.3 is 9.47 Å². The van der Waals surface area contributed by atoms with Gasteiger partial charge in [0.25, 0.3) is 11.8 Å². The number of rotatable bonds is 7. The number of barbiturate groups is 1. The summed E-state index contributed by atoms with van der Waals surface area (Å²) in [7, 11) is 0. The van der Waals surface area contributed by atoms with E-state index in [9.17, 15) is 19.2 Å². The van der Waals surface area contributed by atoms with Crippen LogP contribution < -0.4 is 15.0 Å². The van der Waals surface area contributed by atoms with Crippen molar-refractivity contribution in [1.82, 2.24) is 5.32 Å². The molecule has 0 atom stereocenters. The van der Waals surface area contributed by atoms with Gasteiger partial charge in [-0.25, -0.2) is 14.5 Å². The summed E-state index contributed by atoms with van der Waals surface area (Å²) >= 11 is 0. The summed E-state index contributed by atoms with van der Waals surface area (Å²) in [4.78, 5) is 50.6. The molecule has 176 valence electrons. The van der Waals surface area contributed by atoms with Gasteiger partial charge in [0.2, 0.25) is 0 Å². The number of nitrogens with zero attached hydrogens (tertiary/aromatic N) is 1. The first-order chi connectivity index (χ1) is 17.0. The molecule has 35 heavy (non-hydrogen) atoms. The summed E-state index contributed by atoms with van der Waals surface area (Å²) < 4.78 is 10.7. The first-order valence-corrected chi connectivity index (χ1v) is 10.9. The predicted octanol–water partition coefficient (Wildman–Crippen LogP) is 4.11. The van der Waals surface area contributed by atoms with Crippen LogP contribution in [0, 0.1) is 0 Å². The lowest BCUT2D eigenvalue weighted by atomic mass is 10.1. The number of hydrogen-bond donors (Lipinski definition) is 1. The van der Waals surface area contributed by atoms with Gasteiger partial charge in [0.1, 0.15) is 17.9 Å². The topological polar surface area (TPSA) is 102 Å². The summed E-state index contributed by atoms with van der Waals surface area (Å²) in [5.41, 5.74) is 1.91. The second kappa shape index (κ2) is 10.5. The maximum Gasteiger partial charge on any atom is 0.338 e. The Morgan fingerprint density at radius 3 is 2.26 bits per heavy atom. The molecular formula is C27H22N2O6. The number of carbonyl (C=O) groups is 4. The number of urea groups is 1. The van der Waals surface area contributed by atoms with E-state index in [1.807, 2.05) is 30.3 Å². The Labute approximate surface area is 201 Å². The highest BCUT2D eigenvalue weighted by Crippen LogP contribution is 2.23. The van der Waals surface area contributed by atoms with E-state index >= 15 is 0 Å². The van der Waals surface area contributed by atoms with E-state index in [0.29, 0.717) is 17.9 Å². The Morgan fingerprint density at radius 2 is 1.60 bits per heavy atom. The Balaban J connectivity index is 1.50. The monoisotopic (exact) mass is 470 g/mol. The van der Waals surface area contributed by atoms with Crippen molar-refractivity contribution in [3.8, 4) is 5.75 Å². The van der Waals surface area contributed by atoms with Gasteiger partial charge >= 0.3 is 12.0 Å². The molecule has 0 spiro atoms. The van der Waals surface area contributed by atoms with Gasteiger partial charge in [-0.05, 0) is 60.5 Å². The van der Waals surface area contributed by atoms with Crippen LogP contribution in [0.1, 0.15) is 28.4 Å². The second-order valence-corrected chi connectivity index (χ2v) is 7.57. The molecule has 0 aromatic heterocycles. The lowest BCUT2D eigenvalue weighted by Gasteiger charge is -2.26. The minimum Gasteiger partial charge on any atom is -0.489 e. The number of anilines is 1. The third kappa shape index (κ3) is 5.44. The van der Waals surface area contributed by atoms with Crippen LogP contribution in [0.3, 0.4) is 0 Å². The zero-order valence-electron chi connectivity index (χ0n) is 18.9. The molecule has 1 aliphatic heterocycles. The maximum absolute atomic E-state index is 13.1. The van der Waals surface area contributed by atoms with Crippen molar-refractivity contribution in [2.45, 2.75) is 13.5 Å². The number of benzene rings is 3. The van der Waals surface area contributed by atoms with Gasteiger partial charge in [0.05, 0.1) is 17.9 Å². The molecule has 0 radical (unpaired) electrons. The zero-order chi connectivity index (χ0) is 24.8. The number of carbonyl (C=O) groups excluding carboxylic acids is 4. The molecule has 1 saturated heterocycles. The highest BCUT2D eigenvalue weighted by atomic mass is 16.5. The van der Waals surface area contributed by atoms with Gasteiger partial charge in [-0.15, -0.1) is 0 Å². The lowest BCUT2D eigenvalue weighted by molar-refractivity contribution is -0.122. The quantitative estimate of drug-likeness (QED) is 0.317. The number of nitrogens with one attached hydrogen (secondary N) is 1. The van der Waals surface area contributed by atoms with Crippen LogP contribution in [0.25, 0.3) is 6.08 Å². The van der Waals surface area contributed by atoms with Crippen LogP contribution in [0.15, 0.2) is 84.4 Å². The van der Waals surface area contributed by atoms with Crippen molar-refractivity contribution in [1.29, 1.82) is 0 Å². The molecule has 1 fully saturated rings. The minimum absolute atomic E-state index is 0.197. The van der Waals surface area contributed by atoms with Gasteiger partial charge in [0, 0.05) is 0 Å². The van der Waals surface area contributed by atoms with Crippen molar-refractivity contribution in [3.05, 3.63) is 101 Å². The number of ether oxygens (including phenoxy) is 2. The number of hydrogen-bond acceptors (Lipinski definition) is 6. The fourth-order valence-electron chi connectivity index (χ4n) is 3.42. The summed E-state index contributed by atoms with van der Waals surface area (Å²) in [6, 6.07) is 21.5. The van der Waals surface area contributed by atoms with Crippen molar-refractivity contribution in [2.24, 2.45) is 0 Å². The van der Waals surface area contributed by atoms with Crippen LogP contribution in [-0.2, 0) is 20.9 Å². The van der Waals surface area contributed by atoms with Gasteiger partial charge in [-0.2, -0.15) is 0 Å². The number of amides is 4. The fraction of sp³-hybridized carbons (Fsp3) is 0.111. The van der Waals surface area contributed by atoms with Gasteiger partial charge in [-0.1, -0.05) is 42.5 Å². The van der Waals surface area contributed by atoms with Crippen LogP contribution in [0.4, 0.5) is 10.5 Å². The molecule has 3 aromatic rings. The molecule has 1 aliphatic rings. The molecular weight excluding hydrogens is 448 g/mol. The molecule has 0 unspecified atom stereocenters. The highest BCUT2D eigenvalue weighted by Gasteiger charge is 2.36. The van der Waals surface area contributed by atoms with Crippen LogP contribution in [0.2, 0.25) is 0 Å². The SMILES string of the molecule is CCOC(=O)c1ccc(N2C(=O)NC(=O)/C(=C\c3ccc(OCc4ccccc4)cc3)C2=O)cc1. The van der Waals surface area contributed by atoms with E-state index in [1.165, 1.54) is 30.3 Å². The van der Waals surface area contributed by atoms with Crippen molar-refractivity contribution in [3.63, 3.8) is 0 Å². The average Bonchev–Trinajstić information content (AvgIpc) is 2.87. The molecule has 1 heterocycles. The smallest absolute Gasteiger partial charge is 0.338 e. The summed E-state index contributed by atoms with van der Waals surface area (Å²) in [6.07, 6.45) is 1.41. The minimum atomic E-state index is -0.870. The van der Waals surface area contributed by atoms with E-state index in [-0.39, 0.29) is 23.4 Å².